The second kappa shape index (κ2) is 10.7. The first-order chi connectivity index (χ1) is 18.5. The van der Waals surface area contributed by atoms with Crippen LogP contribution in [0.1, 0.15) is 25.3 Å². The summed E-state index contributed by atoms with van der Waals surface area (Å²) in [5.74, 6) is 1.69. The number of halogens is 2. The van der Waals surface area contributed by atoms with Crippen LogP contribution in [0.4, 0.5) is 0 Å². The van der Waals surface area contributed by atoms with Gasteiger partial charge in [-0.15, -0.1) is 0 Å². The molecule has 0 unspecified atom stereocenters. The molecule has 0 spiro atoms. The van der Waals surface area contributed by atoms with Crippen molar-refractivity contribution in [3.05, 3.63) is 64.4 Å². The number of piperazine rings is 1. The Morgan fingerprint density at radius 3 is 2.58 bits per heavy atom. The highest BCUT2D eigenvalue weighted by molar-refractivity contribution is 6.36. The molecule has 2 fully saturated rings. The number of hydrogen-bond acceptors (Lipinski definition) is 7. The third kappa shape index (κ3) is 5.45. The van der Waals surface area contributed by atoms with Gasteiger partial charge in [-0.25, -0.2) is 9.97 Å². The number of aromatic nitrogens is 4. The number of ether oxygens (including phenoxy) is 2. The second-order valence-electron chi connectivity index (χ2n) is 10.1. The molecular weight excluding hydrogens is 523 g/mol. The SMILES string of the molecule is CC1(Oc2ncnc3c2nc(-c2cc(Cl)c(OCCN4CCNCC4)cc2Cl)n3Cc2ccccc2)CC1. The lowest BCUT2D eigenvalue weighted by Gasteiger charge is -2.27. The van der Waals surface area contributed by atoms with E-state index in [1.165, 1.54) is 6.33 Å². The molecule has 0 bridgehead atoms. The van der Waals surface area contributed by atoms with E-state index < -0.39 is 0 Å². The molecule has 0 atom stereocenters. The predicted octanol–water partition coefficient (Wildman–Crippen LogP) is 5.06. The number of nitrogens with one attached hydrogen (secondary N) is 1. The van der Waals surface area contributed by atoms with Crippen LogP contribution in [0.3, 0.4) is 0 Å². The Hall–Kier alpha value is -2.91. The highest BCUT2D eigenvalue weighted by Gasteiger charge is 2.41. The minimum Gasteiger partial charge on any atom is -0.491 e. The normalized spacial score (nSPS) is 17.0. The highest BCUT2D eigenvalue weighted by Crippen LogP contribution is 2.42. The van der Waals surface area contributed by atoms with Gasteiger partial charge in [0, 0.05) is 44.4 Å². The Morgan fingerprint density at radius 2 is 1.82 bits per heavy atom. The smallest absolute Gasteiger partial charge is 0.245 e. The molecule has 2 aromatic heterocycles. The molecule has 1 N–H and O–H groups in total. The van der Waals surface area contributed by atoms with Gasteiger partial charge in [0.15, 0.2) is 11.2 Å². The third-order valence-electron chi connectivity index (χ3n) is 7.12. The van der Waals surface area contributed by atoms with Crippen LogP contribution in [0, 0.1) is 0 Å². The van der Waals surface area contributed by atoms with Crippen molar-refractivity contribution in [1.82, 2.24) is 29.7 Å². The minimum absolute atomic E-state index is 0.199. The zero-order chi connectivity index (χ0) is 26.1. The fourth-order valence-electron chi connectivity index (χ4n) is 4.65. The van der Waals surface area contributed by atoms with Crippen molar-refractivity contribution in [2.45, 2.75) is 31.9 Å². The summed E-state index contributed by atoms with van der Waals surface area (Å²) in [5.41, 5.74) is 2.90. The summed E-state index contributed by atoms with van der Waals surface area (Å²) in [6, 6.07) is 13.8. The van der Waals surface area contributed by atoms with E-state index in [4.69, 9.17) is 37.7 Å². The van der Waals surface area contributed by atoms with Crippen molar-refractivity contribution in [3.8, 4) is 23.0 Å². The molecule has 2 aliphatic rings. The van der Waals surface area contributed by atoms with E-state index in [-0.39, 0.29) is 5.60 Å². The monoisotopic (exact) mass is 552 g/mol. The van der Waals surface area contributed by atoms with Crippen molar-refractivity contribution in [3.63, 3.8) is 0 Å². The molecular formula is C28H30Cl2N6O2. The van der Waals surface area contributed by atoms with Crippen LogP contribution in [0.5, 0.6) is 11.6 Å². The first-order valence-electron chi connectivity index (χ1n) is 13.0. The van der Waals surface area contributed by atoms with Crippen LogP contribution < -0.4 is 14.8 Å². The van der Waals surface area contributed by atoms with Gasteiger partial charge in [-0.05, 0) is 31.4 Å². The standard InChI is InChI=1S/C28H30Cl2N6O2/c1-28(7-8-28)38-27-24-26(32-18-33-27)36(17-19-5-3-2-4-6-19)25(34-24)20-15-22(30)23(16-21(20)29)37-14-13-35-11-9-31-10-12-35/h2-6,15-16,18,31H,7-14,17H2,1H3. The number of rotatable bonds is 9. The Kier molecular flexibility index (Phi) is 7.14. The van der Waals surface area contributed by atoms with Crippen LogP contribution in [-0.4, -0.2) is 69.4 Å². The molecule has 2 aromatic carbocycles. The lowest BCUT2D eigenvalue weighted by molar-refractivity contribution is 0.191. The summed E-state index contributed by atoms with van der Waals surface area (Å²) >= 11 is 13.6. The average Bonchev–Trinajstić information content (AvgIpc) is 3.54. The van der Waals surface area contributed by atoms with Crippen molar-refractivity contribution in [2.75, 3.05) is 39.3 Å². The molecule has 1 saturated heterocycles. The van der Waals surface area contributed by atoms with Crippen molar-refractivity contribution < 1.29 is 9.47 Å². The third-order valence-corrected chi connectivity index (χ3v) is 7.72. The number of imidazole rings is 1. The first-order valence-corrected chi connectivity index (χ1v) is 13.7. The minimum atomic E-state index is -0.199. The van der Waals surface area contributed by atoms with Gasteiger partial charge in [0.05, 0.1) is 16.6 Å². The molecule has 8 nitrogen and oxygen atoms in total. The quantitative estimate of drug-likeness (QED) is 0.310. The van der Waals surface area contributed by atoms with Crippen LogP contribution in [0.2, 0.25) is 10.0 Å². The second-order valence-corrected chi connectivity index (χ2v) is 10.9. The fraction of sp³-hybridized carbons (Fsp3) is 0.393. The van der Waals surface area contributed by atoms with Gasteiger partial charge in [-0.1, -0.05) is 53.5 Å². The summed E-state index contributed by atoms with van der Waals surface area (Å²) < 4.78 is 14.3. The van der Waals surface area contributed by atoms with E-state index >= 15 is 0 Å². The van der Waals surface area contributed by atoms with Gasteiger partial charge < -0.3 is 19.4 Å². The molecule has 1 aliphatic heterocycles. The molecule has 0 radical (unpaired) electrons. The van der Waals surface area contributed by atoms with E-state index in [0.29, 0.717) is 57.4 Å². The van der Waals surface area contributed by atoms with Crippen LogP contribution in [-0.2, 0) is 6.54 Å². The molecule has 0 amide bonds. The molecule has 38 heavy (non-hydrogen) atoms. The zero-order valence-electron chi connectivity index (χ0n) is 21.3. The Bertz CT molecular complexity index is 1430. The first kappa shape index (κ1) is 25.4. The van der Waals surface area contributed by atoms with Gasteiger partial charge >= 0.3 is 0 Å². The van der Waals surface area contributed by atoms with E-state index in [2.05, 4.69) is 39.2 Å². The Labute approximate surface area is 231 Å². The van der Waals surface area contributed by atoms with E-state index in [1.807, 2.05) is 28.8 Å². The molecule has 1 aliphatic carbocycles. The molecule has 1 saturated carbocycles. The maximum Gasteiger partial charge on any atom is 0.245 e. The van der Waals surface area contributed by atoms with E-state index in [1.54, 1.807) is 6.07 Å². The van der Waals surface area contributed by atoms with Crippen molar-refractivity contribution in [1.29, 1.82) is 0 Å². The van der Waals surface area contributed by atoms with Crippen LogP contribution >= 0.6 is 23.2 Å². The topological polar surface area (TPSA) is 77.3 Å². The van der Waals surface area contributed by atoms with Gasteiger partial charge in [0.2, 0.25) is 5.88 Å². The van der Waals surface area contributed by atoms with Crippen LogP contribution in [0.25, 0.3) is 22.6 Å². The van der Waals surface area contributed by atoms with Gasteiger partial charge in [0.1, 0.15) is 30.1 Å². The van der Waals surface area contributed by atoms with Gasteiger partial charge in [-0.3, -0.25) is 4.90 Å². The molecule has 4 aromatic rings. The predicted molar refractivity (Wildman–Crippen MR) is 149 cm³/mol. The maximum atomic E-state index is 6.84. The summed E-state index contributed by atoms with van der Waals surface area (Å²) in [4.78, 5) is 16.3. The Balaban J connectivity index is 1.34. The largest absolute Gasteiger partial charge is 0.491 e. The number of nitrogens with zero attached hydrogens (tertiary/aromatic N) is 5. The summed E-state index contributed by atoms with van der Waals surface area (Å²) in [7, 11) is 0. The number of benzene rings is 2. The Morgan fingerprint density at radius 1 is 1.03 bits per heavy atom. The fourth-order valence-corrected chi connectivity index (χ4v) is 5.11. The number of fused-ring (bicyclic) bond motifs is 1. The van der Waals surface area contributed by atoms with Gasteiger partial charge in [-0.2, -0.15) is 4.98 Å². The highest BCUT2D eigenvalue weighted by atomic mass is 35.5. The molecule has 10 heteroatoms. The van der Waals surface area contributed by atoms with Gasteiger partial charge in [0.25, 0.3) is 0 Å². The molecule has 198 valence electrons. The molecule has 6 rings (SSSR count). The van der Waals surface area contributed by atoms with E-state index in [9.17, 15) is 0 Å². The summed E-state index contributed by atoms with van der Waals surface area (Å²) in [5, 5.41) is 4.35. The lowest BCUT2D eigenvalue weighted by Crippen LogP contribution is -2.44. The lowest BCUT2D eigenvalue weighted by atomic mass is 10.2. The summed E-state index contributed by atoms with van der Waals surface area (Å²) in [6.07, 6.45) is 3.52. The maximum absolute atomic E-state index is 6.84. The van der Waals surface area contributed by atoms with Crippen molar-refractivity contribution >= 4 is 34.4 Å². The molecule has 3 heterocycles. The van der Waals surface area contributed by atoms with E-state index in [0.717, 1.165) is 51.1 Å². The summed E-state index contributed by atoms with van der Waals surface area (Å²) in [6.45, 7) is 8.05. The van der Waals surface area contributed by atoms with Crippen molar-refractivity contribution in [2.24, 2.45) is 0 Å². The van der Waals surface area contributed by atoms with Crippen LogP contribution in [0.15, 0.2) is 48.8 Å². The zero-order valence-corrected chi connectivity index (χ0v) is 22.8. The average molecular weight is 553 g/mol. The number of hydrogen-bond donors (Lipinski definition) is 1.